The van der Waals surface area contributed by atoms with Gasteiger partial charge in [-0.3, -0.25) is 4.79 Å². The molecule has 7 nitrogen and oxygen atoms in total. The van der Waals surface area contributed by atoms with E-state index >= 15 is 0 Å². The minimum absolute atomic E-state index is 0.305. The Kier molecular flexibility index (Phi) is 5.78. The van der Waals surface area contributed by atoms with E-state index in [0.717, 1.165) is 16.8 Å². The largest absolute Gasteiger partial charge is 0.481 e. The molecule has 1 fully saturated rings. The fourth-order valence-electron chi connectivity index (χ4n) is 2.42. The van der Waals surface area contributed by atoms with Gasteiger partial charge in [-0.15, -0.1) is 0 Å². The quantitative estimate of drug-likeness (QED) is 0.822. The molecule has 0 aromatic heterocycles. The molecule has 130 valence electrons. The molecule has 2 rings (SSSR count). The van der Waals surface area contributed by atoms with Crippen LogP contribution in [0.1, 0.15) is 30.9 Å². The summed E-state index contributed by atoms with van der Waals surface area (Å²) in [6.45, 7) is 6.70. The molecule has 0 saturated carbocycles. The monoisotopic (exact) mass is 332 g/mol. The Bertz CT molecular complexity index is 647. The van der Waals surface area contributed by atoms with Crippen molar-refractivity contribution >= 4 is 17.6 Å². The van der Waals surface area contributed by atoms with Crippen LogP contribution in [0.2, 0.25) is 0 Å². The minimum Gasteiger partial charge on any atom is -0.481 e. The predicted molar refractivity (Wildman–Crippen MR) is 92.0 cm³/mol. The number of aryl methyl sites for hydroxylation is 1. The molecule has 0 bridgehead atoms. The van der Waals surface area contributed by atoms with Crippen LogP contribution in [-0.2, 0) is 4.79 Å². The SMILES string of the molecule is Cc1cccc(O[C@H](C)C(=O)NN=C2CCN(C(N)=O)CC2)c1C. The van der Waals surface area contributed by atoms with E-state index in [1.54, 1.807) is 11.8 Å². The van der Waals surface area contributed by atoms with Gasteiger partial charge in [0.25, 0.3) is 5.91 Å². The lowest BCUT2D eigenvalue weighted by Gasteiger charge is -2.25. The fourth-order valence-corrected chi connectivity index (χ4v) is 2.42. The summed E-state index contributed by atoms with van der Waals surface area (Å²) >= 11 is 0. The zero-order valence-corrected chi connectivity index (χ0v) is 14.3. The van der Waals surface area contributed by atoms with Gasteiger partial charge in [-0.2, -0.15) is 5.10 Å². The molecule has 1 aromatic rings. The molecular formula is C17H24N4O3. The van der Waals surface area contributed by atoms with Crippen molar-refractivity contribution in [3.8, 4) is 5.75 Å². The van der Waals surface area contributed by atoms with Gasteiger partial charge in [0.05, 0.1) is 0 Å². The van der Waals surface area contributed by atoms with Gasteiger partial charge in [0.1, 0.15) is 5.75 Å². The molecule has 1 saturated heterocycles. The molecule has 1 heterocycles. The van der Waals surface area contributed by atoms with Gasteiger partial charge in [0.2, 0.25) is 0 Å². The van der Waals surface area contributed by atoms with Crippen molar-refractivity contribution in [2.45, 2.75) is 39.7 Å². The number of benzene rings is 1. The molecule has 0 aliphatic carbocycles. The normalized spacial score (nSPS) is 15.6. The van der Waals surface area contributed by atoms with Gasteiger partial charge >= 0.3 is 6.03 Å². The summed E-state index contributed by atoms with van der Waals surface area (Å²) in [6, 6.07) is 5.32. The molecule has 0 spiro atoms. The molecule has 3 amide bonds. The second-order valence-electron chi connectivity index (χ2n) is 5.94. The summed E-state index contributed by atoms with van der Waals surface area (Å²) in [7, 11) is 0. The molecule has 0 unspecified atom stereocenters. The maximum absolute atomic E-state index is 12.1. The van der Waals surface area contributed by atoms with E-state index in [0.29, 0.717) is 31.7 Å². The van der Waals surface area contributed by atoms with E-state index in [1.807, 2.05) is 32.0 Å². The first-order valence-electron chi connectivity index (χ1n) is 8.01. The summed E-state index contributed by atoms with van der Waals surface area (Å²) in [6.07, 6.45) is 0.561. The molecule has 3 N–H and O–H groups in total. The van der Waals surface area contributed by atoms with E-state index in [2.05, 4.69) is 10.5 Å². The smallest absolute Gasteiger partial charge is 0.314 e. The highest BCUT2D eigenvalue weighted by Crippen LogP contribution is 2.21. The third-order valence-electron chi connectivity index (χ3n) is 4.20. The number of urea groups is 1. The van der Waals surface area contributed by atoms with Crippen LogP contribution in [0.3, 0.4) is 0 Å². The third-order valence-corrected chi connectivity index (χ3v) is 4.20. The van der Waals surface area contributed by atoms with Crippen LogP contribution in [0.15, 0.2) is 23.3 Å². The van der Waals surface area contributed by atoms with E-state index in [1.165, 1.54) is 0 Å². The van der Waals surface area contributed by atoms with Gasteiger partial charge in [-0.05, 0) is 38.0 Å². The third kappa shape index (κ3) is 4.47. The van der Waals surface area contributed by atoms with Gasteiger partial charge in [-0.25, -0.2) is 10.2 Å². The molecule has 0 radical (unpaired) electrons. The number of hydrogen-bond donors (Lipinski definition) is 2. The van der Waals surface area contributed by atoms with Crippen LogP contribution in [0.4, 0.5) is 4.79 Å². The van der Waals surface area contributed by atoms with Gasteiger partial charge < -0.3 is 15.4 Å². The molecule has 1 aliphatic heterocycles. The van der Waals surface area contributed by atoms with Crippen molar-refractivity contribution in [3.63, 3.8) is 0 Å². The zero-order chi connectivity index (χ0) is 17.7. The summed E-state index contributed by atoms with van der Waals surface area (Å²) in [4.78, 5) is 24.8. The van der Waals surface area contributed by atoms with Crippen molar-refractivity contribution < 1.29 is 14.3 Å². The van der Waals surface area contributed by atoms with E-state index in [-0.39, 0.29) is 5.91 Å². The lowest BCUT2D eigenvalue weighted by atomic mass is 10.1. The number of nitrogens with zero attached hydrogens (tertiary/aromatic N) is 2. The number of primary amides is 1. The number of hydrogen-bond acceptors (Lipinski definition) is 4. The van der Waals surface area contributed by atoms with Crippen LogP contribution < -0.4 is 15.9 Å². The number of rotatable bonds is 4. The zero-order valence-electron chi connectivity index (χ0n) is 14.3. The highest BCUT2D eigenvalue weighted by molar-refractivity contribution is 5.89. The number of likely N-dealkylation sites (tertiary alicyclic amines) is 1. The summed E-state index contributed by atoms with van der Waals surface area (Å²) in [5.41, 5.74) is 10.7. The molecule has 7 heteroatoms. The number of ether oxygens (including phenoxy) is 1. The highest BCUT2D eigenvalue weighted by Gasteiger charge is 2.19. The maximum Gasteiger partial charge on any atom is 0.314 e. The average Bonchev–Trinajstić information content (AvgIpc) is 2.57. The summed E-state index contributed by atoms with van der Waals surface area (Å²) in [5, 5.41) is 4.14. The Morgan fingerprint density at radius 1 is 1.29 bits per heavy atom. The van der Waals surface area contributed by atoms with Gasteiger partial charge in [-0.1, -0.05) is 12.1 Å². The molecule has 1 aliphatic rings. The first kappa shape index (κ1) is 17.8. The topological polar surface area (TPSA) is 97.0 Å². The molecule has 24 heavy (non-hydrogen) atoms. The molecular weight excluding hydrogens is 308 g/mol. The number of amides is 3. The number of carbonyl (C=O) groups excluding carboxylic acids is 2. The van der Waals surface area contributed by atoms with Crippen LogP contribution in [0.25, 0.3) is 0 Å². The van der Waals surface area contributed by atoms with Crippen molar-refractivity contribution in [3.05, 3.63) is 29.3 Å². The van der Waals surface area contributed by atoms with Gasteiger partial charge in [0.15, 0.2) is 6.10 Å². The second kappa shape index (κ2) is 7.81. The summed E-state index contributed by atoms with van der Waals surface area (Å²) < 4.78 is 5.73. The highest BCUT2D eigenvalue weighted by atomic mass is 16.5. The second-order valence-corrected chi connectivity index (χ2v) is 5.94. The van der Waals surface area contributed by atoms with Crippen LogP contribution in [0, 0.1) is 13.8 Å². The number of piperidine rings is 1. The Hall–Kier alpha value is -2.57. The van der Waals surface area contributed by atoms with E-state index < -0.39 is 12.1 Å². The van der Waals surface area contributed by atoms with Crippen molar-refractivity contribution in [1.29, 1.82) is 0 Å². The Morgan fingerprint density at radius 2 is 1.96 bits per heavy atom. The number of nitrogens with one attached hydrogen (secondary N) is 1. The minimum atomic E-state index is -0.652. The van der Waals surface area contributed by atoms with Crippen LogP contribution in [-0.4, -0.2) is 41.7 Å². The average molecular weight is 332 g/mol. The summed E-state index contributed by atoms with van der Waals surface area (Å²) in [5.74, 6) is 0.390. The predicted octanol–water partition coefficient (Wildman–Crippen LogP) is 1.72. The van der Waals surface area contributed by atoms with E-state index in [9.17, 15) is 9.59 Å². The van der Waals surface area contributed by atoms with Crippen molar-refractivity contribution in [2.24, 2.45) is 10.8 Å². The standard InChI is InChI=1S/C17H24N4O3/c1-11-5-4-6-15(12(11)2)24-13(3)16(22)20-19-14-7-9-21(10-8-14)17(18)23/h4-6,13H,7-10H2,1-3H3,(H2,18,23)(H,20,22)/t13-/m1/s1. The fraction of sp³-hybridized carbons (Fsp3) is 0.471. The first-order valence-corrected chi connectivity index (χ1v) is 8.01. The van der Waals surface area contributed by atoms with Crippen molar-refractivity contribution in [1.82, 2.24) is 10.3 Å². The number of carbonyl (C=O) groups is 2. The number of nitrogens with two attached hydrogens (primary N) is 1. The van der Waals surface area contributed by atoms with Gasteiger partial charge in [0, 0.05) is 31.6 Å². The van der Waals surface area contributed by atoms with Crippen LogP contribution >= 0.6 is 0 Å². The Labute approximate surface area is 141 Å². The maximum atomic E-state index is 12.1. The lowest BCUT2D eigenvalue weighted by Crippen LogP contribution is -2.42. The van der Waals surface area contributed by atoms with Crippen molar-refractivity contribution in [2.75, 3.05) is 13.1 Å². The Morgan fingerprint density at radius 3 is 2.58 bits per heavy atom. The Balaban J connectivity index is 1.87. The lowest BCUT2D eigenvalue weighted by molar-refractivity contribution is -0.127. The van der Waals surface area contributed by atoms with E-state index in [4.69, 9.17) is 10.5 Å². The number of hydrazone groups is 1. The first-order chi connectivity index (χ1) is 11.4. The molecule has 1 aromatic carbocycles. The van der Waals surface area contributed by atoms with Crippen LogP contribution in [0.5, 0.6) is 5.75 Å². The molecule has 1 atom stereocenters.